The van der Waals surface area contributed by atoms with Crippen molar-refractivity contribution in [2.45, 2.75) is 26.3 Å². The lowest BCUT2D eigenvalue weighted by molar-refractivity contribution is -0.120. The molecule has 1 aliphatic rings. The maximum atomic E-state index is 12.3. The summed E-state index contributed by atoms with van der Waals surface area (Å²) in [6.07, 6.45) is 2.66. The molecule has 0 saturated carbocycles. The summed E-state index contributed by atoms with van der Waals surface area (Å²) in [6.45, 7) is 3.90. The SMILES string of the molecule is CCOc1ncccc1CNC(=O)Cc1cc(Cl)c2c(c1)OCCCO2. The first-order valence-electron chi connectivity index (χ1n) is 8.58. The molecule has 1 aromatic heterocycles. The Bertz CT molecular complexity index is 782. The van der Waals surface area contributed by atoms with Crippen LogP contribution in [0.2, 0.25) is 5.02 Å². The monoisotopic (exact) mass is 376 g/mol. The summed E-state index contributed by atoms with van der Waals surface area (Å²) < 4.78 is 16.7. The van der Waals surface area contributed by atoms with Crippen LogP contribution in [0.1, 0.15) is 24.5 Å². The second kappa shape index (κ2) is 8.76. The highest BCUT2D eigenvalue weighted by atomic mass is 35.5. The lowest BCUT2D eigenvalue weighted by Crippen LogP contribution is -2.25. The molecular formula is C19H21ClN2O4. The molecular weight excluding hydrogens is 356 g/mol. The molecule has 1 N–H and O–H groups in total. The highest BCUT2D eigenvalue weighted by Crippen LogP contribution is 2.38. The Balaban J connectivity index is 1.64. The minimum absolute atomic E-state index is 0.123. The number of halogens is 1. The summed E-state index contributed by atoms with van der Waals surface area (Å²) in [7, 11) is 0. The highest BCUT2D eigenvalue weighted by molar-refractivity contribution is 6.32. The first kappa shape index (κ1) is 18.3. The van der Waals surface area contributed by atoms with Gasteiger partial charge >= 0.3 is 0 Å². The third kappa shape index (κ3) is 4.58. The molecule has 2 heterocycles. The Labute approximate surface area is 157 Å². The number of carbonyl (C=O) groups is 1. The van der Waals surface area contributed by atoms with Crippen LogP contribution in [0.5, 0.6) is 17.4 Å². The fraction of sp³-hybridized carbons (Fsp3) is 0.368. The van der Waals surface area contributed by atoms with Crippen LogP contribution < -0.4 is 19.5 Å². The van der Waals surface area contributed by atoms with E-state index < -0.39 is 0 Å². The zero-order valence-electron chi connectivity index (χ0n) is 14.6. The van der Waals surface area contributed by atoms with Crippen molar-refractivity contribution < 1.29 is 19.0 Å². The van der Waals surface area contributed by atoms with Gasteiger partial charge in [0.15, 0.2) is 11.5 Å². The van der Waals surface area contributed by atoms with Crippen LogP contribution in [-0.4, -0.2) is 30.7 Å². The van der Waals surface area contributed by atoms with E-state index in [9.17, 15) is 4.79 Å². The van der Waals surface area contributed by atoms with Gasteiger partial charge in [-0.15, -0.1) is 0 Å². The normalized spacial score (nSPS) is 13.0. The fourth-order valence-corrected chi connectivity index (χ4v) is 2.94. The van der Waals surface area contributed by atoms with Gasteiger partial charge in [0.25, 0.3) is 0 Å². The number of rotatable bonds is 6. The van der Waals surface area contributed by atoms with Crippen molar-refractivity contribution in [2.24, 2.45) is 0 Å². The van der Waals surface area contributed by atoms with E-state index in [-0.39, 0.29) is 12.3 Å². The van der Waals surface area contributed by atoms with Crippen molar-refractivity contribution in [3.8, 4) is 17.4 Å². The number of hydrogen-bond donors (Lipinski definition) is 1. The van der Waals surface area contributed by atoms with Crippen LogP contribution in [-0.2, 0) is 17.8 Å². The van der Waals surface area contributed by atoms with Crippen LogP contribution in [0.4, 0.5) is 0 Å². The zero-order chi connectivity index (χ0) is 18.4. The molecule has 3 rings (SSSR count). The van der Waals surface area contributed by atoms with E-state index in [1.165, 1.54) is 0 Å². The molecule has 2 aromatic rings. The second-order valence-corrected chi connectivity index (χ2v) is 6.22. The maximum absolute atomic E-state index is 12.3. The summed E-state index contributed by atoms with van der Waals surface area (Å²) in [4.78, 5) is 16.5. The van der Waals surface area contributed by atoms with Crippen LogP contribution in [0, 0.1) is 0 Å². The summed E-state index contributed by atoms with van der Waals surface area (Å²) >= 11 is 6.27. The molecule has 0 aliphatic carbocycles. The molecule has 7 heteroatoms. The Kier molecular flexibility index (Phi) is 6.17. The number of nitrogens with zero attached hydrogens (tertiary/aromatic N) is 1. The smallest absolute Gasteiger partial charge is 0.224 e. The molecule has 0 atom stereocenters. The highest BCUT2D eigenvalue weighted by Gasteiger charge is 2.17. The van der Waals surface area contributed by atoms with Crippen molar-refractivity contribution >= 4 is 17.5 Å². The number of fused-ring (bicyclic) bond motifs is 1. The van der Waals surface area contributed by atoms with Crippen molar-refractivity contribution in [1.29, 1.82) is 0 Å². The number of ether oxygens (including phenoxy) is 3. The average Bonchev–Trinajstić information content (AvgIpc) is 2.87. The molecule has 0 bridgehead atoms. The zero-order valence-corrected chi connectivity index (χ0v) is 15.3. The molecule has 0 unspecified atom stereocenters. The lowest BCUT2D eigenvalue weighted by atomic mass is 10.1. The van der Waals surface area contributed by atoms with Gasteiger partial charge in [-0.25, -0.2) is 4.98 Å². The first-order valence-corrected chi connectivity index (χ1v) is 8.96. The van der Waals surface area contributed by atoms with Crippen LogP contribution in [0.3, 0.4) is 0 Å². The number of hydrogen-bond acceptors (Lipinski definition) is 5. The Hall–Kier alpha value is -2.47. The van der Waals surface area contributed by atoms with E-state index in [4.69, 9.17) is 25.8 Å². The van der Waals surface area contributed by atoms with Gasteiger partial charge < -0.3 is 19.5 Å². The Morgan fingerprint density at radius 3 is 3.04 bits per heavy atom. The van der Waals surface area contributed by atoms with E-state index in [0.29, 0.717) is 48.8 Å². The van der Waals surface area contributed by atoms with E-state index in [0.717, 1.165) is 17.5 Å². The molecule has 6 nitrogen and oxygen atoms in total. The first-order chi connectivity index (χ1) is 12.7. The third-order valence-electron chi connectivity index (χ3n) is 3.83. The molecule has 26 heavy (non-hydrogen) atoms. The summed E-state index contributed by atoms with van der Waals surface area (Å²) in [6, 6.07) is 7.24. The van der Waals surface area contributed by atoms with Gasteiger partial charge in [0, 0.05) is 24.7 Å². The summed E-state index contributed by atoms with van der Waals surface area (Å²) in [5.41, 5.74) is 1.60. The van der Waals surface area contributed by atoms with E-state index in [1.54, 1.807) is 12.3 Å². The molecule has 0 radical (unpaired) electrons. The van der Waals surface area contributed by atoms with Gasteiger partial charge in [0.2, 0.25) is 11.8 Å². The predicted molar refractivity (Wildman–Crippen MR) is 98.0 cm³/mol. The van der Waals surface area contributed by atoms with Gasteiger partial charge in [-0.2, -0.15) is 0 Å². The van der Waals surface area contributed by atoms with Gasteiger partial charge in [-0.3, -0.25) is 4.79 Å². The summed E-state index contributed by atoms with van der Waals surface area (Å²) in [5.74, 6) is 1.55. The molecule has 1 amide bonds. The largest absolute Gasteiger partial charge is 0.489 e. The van der Waals surface area contributed by atoms with E-state index >= 15 is 0 Å². The predicted octanol–water partition coefficient (Wildman–Crippen LogP) is 3.15. The number of aromatic nitrogens is 1. The molecule has 0 spiro atoms. The topological polar surface area (TPSA) is 69.7 Å². The molecule has 0 saturated heterocycles. The third-order valence-corrected chi connectivity index (χ3v) is 4.11. The van der Waals surface area contributed by atoms with Crippen LogP contribution in [0.15, 0.2) is 30.5 Å². The van der Waals surface area contributed by atoms with Gasteiger partial charge in [0.05, 0.1) is 31.3 Å². The quantitative estimate of drug-likeness (QED) is 0.838. The Morgan fingerprint density at radius 2 is 2.19 bits per heavy atom. The number of pyridine rings is 1. The number of benzene rings is 1. The minimum Gasteiger partial charge on any atom is -0.489 e. The lowest BCUT2D eigenvalue weighted by Gasteiger charge is -2.12. The molecule has 138 valence electrons. The van der Waals surface area contributed by atoms with Gasteiger partial charge in [-0.1, -0.05) is 17.7 Å². The number of carbonyl (C=O) groups excluding carboxylic acids is 1. The Morgan fingerprint density at radius 1 is 1.35 bits per heavy atom. The van der Waals surface area contributed by atoms with Crippen molar-refractivity contribution in [3.63, 3.8) is 0 Å². The van der Waals surface area contributed by atoms with Gasteiger partial charge in [-0.05, 0) is 30.7 Å². The maximum Gasteiger partial charge on any atom is 0.224 e. The molecule has 0 fully saturated rings. The standard InChI is InChI=1S/C19H21ClN2O4/c1-2-24-19-14(5-3-6-21-19)12-22-17(23)11-13-9-15(20)18-16(10-13)25-7-4-8-26-18/h3,5-6,9-10H,2,4,7-8,11-12H2,1H3,(H,22,23). The van der Waals surface area contributed by atoms with E-state index in [1.807, 2.05) is 25.1 Å². The van der Waals surface area contributed by atoms with Crippen molar-refractivity contribution in [1.82, 2.24) is 10.3 Å². The summed E-state index contributed by atoms with van der Waals surface area (Å²) in [5, 5.41) is 3.34. The van der Waals surface area contributed by atoms with Crippen molar-refractivity contribution in [3.05, 3.63) is 46.6 Å². The number of amides is 1. The fourth-order valence-electron chi connectivity index (χ4n) is 2.65. The average molecular weight is 377 g/mol. The van der Waals surface area contributed by atoms with E-state index in [2.05, 4.69) is 10.3 Å². The molecule has 1 aromatic carbocycles. The number of nitrogens with one attached hydrogen (secondary N) is 1. The van der Waals surface area contributed by atoms with Gasteiger partial charge in [0.1, 0.15) is 0 Å². The van der Waals surface area contributed by atoms with Crippen LogP contribution >= 0.6 is 11.6 Å². The minimum atomic E-state index is -0.123. The second-order valence-electron chi connectivity index (χ2n) is 5.81. The molecule has 1 aliphatic heterocycles. The van der Waals surface area contributed by atoms with Crippen molar-refractivity contribution in [2.75, 3.05) is 19.8 Å². The van der Waals surface area contributed by atoms with Crippen LogP contribution in [0.25, 0.3) is 0 Å².